The predicted molar refractivity (Wildman–Crippen MR) is 109 cm³/mol. The van der Waals surface area contributed by atoms with Gasteiger partial charge in [0.05, 0.1) is 24.7 Å². The summed E-state index contributed by atoms with van der Waals surface area (Å²) in [5, 5.41) is 22.7. The van der Waals surface area contributed by atoms with Crippen LogP contribution in [-0.2, 0) is 4.79 Å². The third-order valence-corrected chi connectivity index (χ3v) is 5.76. The van der Waals surface area contributed by atoms with E-state index in [9.17, 15) is 15.2 Å². The van der Waals surface area contributed by atoms with Crippen molar-refractivity contribution in [2.24, 2.45) is 0 Å². The van der Waals surface area contributed by atoms with Gasteiger partial charge in [-0.2, -0.15) is 5.26 Å². The van der Waals surface area contributed by atoms with E-state index in [-0.39, 0.29) is 17.5 Å². The van der Waals surface area contributed by atoms with E-state index in [0.29, 0.717) is 24.0 Å². The molecule has 0 radical (unpaired) electrons. The molecule has 1 aliphatic heterocycles. The number of ketones is 1. The molecule has 1 aliphatic carbocycles. The van der Waals surface area contributed by atoms with E-state index in [1.54, 1.807) is 31.4 Å². The second-order valence-electron chi connectivity index (χ2n) is 7.49. The minimum Gasteiger partial charge on any atom is -0.508 e. The minimum atomic E-state index is -0.402. The van der Waals surface area contributed by atoms with Crippen molar-refractivity contribution in [3.05, 3.63) is 82.2 Å². The van der Waals surface area contributed by atoms with Crippen molar-refractivity contribution in [3.63, 3.8) is 0 Å². The van der Waals surface area contributed by atoms with Crippen LogP contribution >= 0.6 is 0 Å². The molecule has 0 spiro atoms. The average molecular weight is 386 g/mol. The molecule has 0 fully saturated rings. The molecule has 2 atom stereocenters. The third-order valence-electron chi connectivity index (χ3n) is 5.76. The minimum absolute atomic E-state index is 0.0536. The number of nitrogens with zero attached hydrogens (tertiary/aromatic N) is 1. The van der Waals surface area contributed by atoms with Crippen LogP contribution in [0, 0.1) is 11.3 Å². The number of benzene rings is 2. The Labute approximate surface area is 169 Å². The maximum atomic E-state index is 13.3. The van der Waals surface area contributed by atoms with Gasteiger partial charge in [0.25, 0.3) is 0 Å². The smallest absolute Gasteiger partial charge is 0.162 e. The normalized spacial score (nSPS) is 21.3. The number of hydrogen-bond donors (Lipinski definition) is 2. The second-order valence-corrected chi connectivity index (χ2v) is 7.49. The third kappa shape index (κ3) is 3.38. The highest BCUT2D eigenvalue weighted by atomic mass is 16.5. The van der Waals surface area contributed by atoms with Crippen molar-refractivity contribution in [2.45, 2.75) is 31.6 Å². The van der Waals surface area contributed by atoms with Gasteiger partial charge in [0.15, 0.2) is 5.78 Å². The monoisotopic (exact) mass is 386 g/mol. The molecule has 2 aromatic carbocycles. The lowest BCUT2D eigenvalue weighted by atomic mass is 9.72. The van der Waals surface area contributed by atoms with Crippen molar-refractivity contribution in [1.82, 2.24) is 5.32 Å². The first-order chi connectivity index (χ1) is 14.0. The highest BCUT2D eigenvalue weighted by molar-refractivity contribution is 6.00. The topological polar surface area (TPSA) is 82.3 Å². The molecule has 5 nitrogen and oxygen atoms in total. The van der Waals surface area contributed by atoms with Crippen molar-refractivity contribution in [2.75, 3.05) is 7.11 Å². The quantitative estimate of drug-likeness (QED) is 0.822. The van der Waals surface area contributed by atoms with Crippen LogP contribution in [0.2, 0.25) is 0 Å². The zero-order chi connectivity index (χ0) is 20.5. The number of methoxy groups -OCH3 is 1. The Kier molecular flexibility index (Phi) is 4.85. The standard InChI is InChI=1S/C24H22N2O3/c1-14-20(13-25)23(16-3-7-18(27)8-4-16)24-21(26-14)11-17(12-22(24)28)15-5-9-19(29-2)10-6-15/h3-10,17,23,26-27H,11-12H2,1-2H3. The van der Waals surface area contributed by atoms with E-state index < -0.39 is 5.92 Å². The van der Waals surface area contributed by atoms with Crippen LogP contribution in [0.5, 0.6) is 11.5 Å². The molecule has 1 heterocycles. The number of phenols is 1. The molecule has 2 aliphatic rings. The van der Waals surface area contributed by atoms with Crippen LogP contribution < -0.4 is 10.1 Å². The van der Waals surface area contributed by atoms with Gasteiger partial charge in [0, 0.05) is 23.4 Å². The maximum Gasteiger partial charge on any atom is 0.162 e. The van der Waals surface area contributed by atoms with Crippen LogP contribution in [0.3, 0.4) is 0 Å². The molecule has 4 rings (SSSR count). The molecule has 0 bridgehead atoms. The fourth-order valence-corrected chi connectivity index (χ4v) is 4.30. The van der Waals surface area contributed by atoms with E-state index in [1.807, 2.05) is 31.2 Å². The van der Waals surface area contributed by atoms with Gasteiger partial charge in [0.2, 0.25) is 0 Å². The lowest BCUT2D eigenvalue weighted by Gasteiger charge is -2.35. The molecular weight excluding hydrogens is 364 g/mol. The number of nitriles is 1. The van der Waals surface area contributed by atoms with Gasteiger partial charge < -0.3 is 15.2 Å². The number of rotatable bonds is 3. The summed E-state index contributed by atoms with van der Waals surface area (Å²) in [6.45, 7) is 1.87. The van der Waals surface area contributed by atoms with Gasteiger partial charge in [-0.15, -0.1) is 0 Å². The first-order valence-electron chi connectivity index (χ1n) is 9.58. The summed E-state index contributed by atoms with van der Waals surface area (Å²) in [6, 6.07) is 16.9. The van der Waals surface area contributed by atoms with Gasteiger partial charge in [-0.3, -0.25) is 4.79 Å². The van der Waals surface area contributed by atoms with Gasteiger partial charge in [0.1, 0.15) is 11.5 Å². The fourth-order valence-electron chi connectivity index (χ4n) is 4.30. The molecule has 2 N–H and O–H groups in total. The van der Waals surface area contributed by atoms with Crippen molar-refractivity contribution >= 4 is 5.78 Å². The van der Waals surface area contributed by atoms with Crippen molar-refractivity contribution in [1.29, 1.82) is 5.26 Å². The highest BCUT2D eigenvalue weighted by Crippen LogP contribution is 2.45. The molecule has 5 heteroatoms. The average Bonchev–Trinajstić information content (AvgIpc) is 2.73. The van der Waals surface area contributed by atoms with Crippen LogP contribution in [0.25, 0.3) is 0 Å². The molecular formula is C24H22N2O3. The van der Waals surface area contributed by atoms with E-state index in [1.165, 1.54) is 0 Å². The number of Topliss-reactive ketones (excluding diaryl/α,β-unsaturated/α-hetero) is 1. The van der Waals surface area contributed by atoms with Crippen molar-refractivity contribution in [3.8, 4) is 17.6 Å². The Hall–Kier alpha value is -3.52. The largest absolute Gasteiger partial charge is 0.508 e. The summed E-state index contributed by atoms with van der Waals surface area (Å²) >= 11 is 0. The molecule has 0 amide bonds. The van der Waals surface area contributed by atoms with Crippen LogP contribution in [0.4, 0.5) is 0 Å². The molecule has 2 unspecified atom stereocenters. The molecule has 0 saturated carbocycles. The molecule has 0 aromatic heterocycles. The maximum absolute atomic E-state index is 13.3. The van der Waals surface area contributed by atoms with E-state index in [4.69, 9.17) is 4.74 Å². The number of phenolic OH excluding ortho intramolecular Hbond substituents is 1. The Bertz CT molecular complexity index is 1060. The molecule has 146 valence electrons. The van der Waals surface area contributed by atoms with Crippen LogP contribution in [0.15, 0.2) is 71.1 Å². The van der Waals surface area contributed by atoms with Gasteiger partial charge >= 0.3 is 0 Å². The number of dihydropyridines is 1. The van der Waals surface area contributed by atoms with E-state index in [0.717, 1.165) is 28.3 Å². The Morgan fingerprint density at radius 3 is 2.34 bits per heavy atom. The van der Waals surface area contributed by atoms with Gasteiger partial charge in [-0.05, 0) is 54.7 Å². The zero-order valence-corrected chi connectivity index (χ0v) is 16.4. The number of aromatic hydroxyl groups is 1. The first kappa shape index (κ1) is 18.8. The molecule has 2 aromatic rings. The summed E-state index contributed by atoms with van der Waals surface area (Å²) in [5.74, 6) is 0.678. The summed E-state index contributed by atoms with van der Waals surface area (Å²) in [7, 11) is 1.63. The predicted octanol–water partition coefficient (Wildman–Crippen LogP) is 4.29. The highest BCUT2D eigenvalue weighted by Gasteiger charge is 2.38. The number of allylic oxidation sites excluding steroid dienone is 4. The van der Waals surface area contributed by atoms with Crippen molar-refractivity contribution < 1.29 is 14.6 Å². The van der Waals surface area contributed by atoms with Gasteiger partial charge in [-0.1, -0.05) is 24.3 Å². The SMILES string of the molecule is COc1ccc(C2CC(=O)C3=C(C2)NC(C)=C(C#N)C3c2ccc(O)cc2)cc1. The van der Waals surface area contributed by atoms with E-state index in [2.05, 4.69) is 11.4 Å². The Balaban J connectivity index is 1.74. The summed E-state index contributed by atoms with van der Waals surface area (Å²) in [5.41, 5.74) is 4.81. The van der Waals surface area contributed by atoms with Gasteiger partial charge in [-0.25, -0.2) is 0 Å². The number of hydrogen-bond acceptors (Lipinski definition) is 5. The van der Waals surface area contributed by atoms with E-state index >= 15 is 0 Å². The lowest BCUT2D eigenvalue weighted by molar-refractivity contribution is -0.116. The number of carbonyl (C=O) groups excluding carboxylic acids is 1. The van der Waals surface area contributed by atoms with Crippen LogP contribution in [-0.4, -0.2) is 18.0 Å². The lowest BCUT2D eigenvalue weighted by Crippen LogP contribution is -2.33. The number of ether oxygens (including phenoxy) is 1. The zero-order valence-electron chi connectivity index (χ0n) is 16.4. The molecule has 0 saturated heterocycles. The Morgan fingerprint density at radius 2 is 1.72 bits per heavy atom. The number of carbonyl (C=O) groups is 1. The first-order valence-corrected chi connectivity index (χ1v) is 9.58. The second kappa shape index (κ2) is 7.48. The summed E-state index contributed by atoms with van der Waals surface area (Å²) < 4.78 is 5.23. The molecule has 29 heavy (non-hydrogen) atoms. The number of nitrogens with one attached hydrogen (secondary N) is 1. The summed E-state index contributed by atoms with van der Waals surface area (Å²) in [4.78, 5) is 13.3. The Morgan fingerprint density at radius 1 is 1.07 bits per heavy atom. The summed E-state index contributed by atoms with van der Waals surface area (Å²) in [6.07, 6.45) is 1.11. The van der Waals surface area contributed by atoms with Crippen LogP contribution in [0.1, 0.15) is 42.7 Å². The fraction of sp³-hybridized carbons (Fsp3) is 0.250.